The molecule has 1 saturated heterocycles. The normalized spacial score (nSPS) is 19.2. The van der Waals surface area contributed by atoms with Crippen LogP contribution in [-0.4, -0.2) is 34.1 Å². The summed E-state index contributed by atoms with van der Waals surface area (Å²) in [5, 5.41) is 4.27. The third kappa shape index (κ3) is 4.37. The van der Waals surface area contributed by atoms with Crippen molar-refractivity contribution >= 4 is 46.4 Å². The van der Waals surface area contributed by atoms with Gasteiger partial charge in [0.05, 0.1) is 17.8 Å². The summed E-state index contributed by atoms with van der Waals surface area (Å²) in [7, 11) is 0. The van der Waals surface area contributed by atoms with Crippen molar-refractivity contribution < 1.29 is 0 Å². The summed E-state index contributed by atoms with van der Waals surface area (Å²) in [6.07, 6.45) is 4.89. The predicted molar refractivity (Wildman–Crippen MR) is 124 cm³/mol. The third-order valence-electron chi connectivity index (χ3n) is 5.78. The van der Waals surface area contributed by atoms with E-state index < -0.39 is 0 Å². The van der Waals surface area contributed by atoms with Crippen LogP contribution in [0.15, 0.2) is 41.5 Å². The highest BCUT2D eigenvalue weighted by atomic mass is 35.5. The Labute approximate surface area is 187 Å². The van der Waals surface area contributed by atoms with Crippen molar-refractivity contribution in [1.82, 2.24) is 19.8 Å². The van der Waals surface area contributed by atoms with Gasteiger partial charge >= 0.3 is 0 Å². The van der Waals surface area contributed by atoms with E-state index in [0.717, 1.165) is 62.2 Å². The molecule has 1 N–H and O–H groups in total. The highest BCUT2D eigenvalue weighted by molar-refractivity contribution is 7.18. The summed E-state index contributed by atoms with van der Waals surface area (Å²) < 4.78 is 1.91. The highest BCUT2D eigenvalue weighted by Gasteiger charge is 2.25. The van der Waals surface area contributed by atoms with Gasteiger partial charge in [0, 0.05) is 24.5 Å². The average Bonchev–Trinajstić information content (AvgIpc) is 3.09. The second-order valence-electron chi connectivity index (χ2n) is 7.58. The zero-order valence-corrected chi connectivity index (χ0v) is 18.6. The van der Waals surface area contributed by atoms with Crippen LogP contribution in [-0.2, 0) is 19.5 Å². The smallest absolute Gasteiger partial charge is 0.262 e. The lowest BCUT2D eigenvalue weighted by Crippen LogP contribution is -2.39. The molecule has 8 heteroatoms. The zero-order valence-electron chi connectivity index (χ0n) is 16.2. The van der Waals surface area contributed by atoms with Crippen LogP contribution in [0.2, 0.25) is 0 Å². The van der Waals surface area contributed by atoms with Crippen LogP contribution in [0.4, 0.5) is 0 Å². The number of likely N-dealkylation sites (tertiary alicyclic amines) is 1. The number of aromatic nitrogens is 2. The lowest BCUT2D eigenvalue weighted by atomic mass is 10.0. The van der Waals surface area contributed by atoms with Gasteiger partial charge in [0.25, 0.3) is 5.56 Å². The number of halogens is 2. The fourth-order valence-electron chi connectivity index (χ4n) is 4.43. The Morgan fingerprint density at radius 1 is 1.21 bits per heavy atom. The first kappa shape index (κ1) is 22.2. The maximum absolute atomic E-state index is 13.3. The monoisotopic (exact) mass is 452 g/mol. The molecular formula is C21H26Cl2N4OS. The first-order chi connectivity index (χ1) is 13.3. The number of nitrogens with one attached hydrogen (secondary N) is 1. The topological polar surface area (TPSA) is 50.2 Å². The molecule has 3 aromatic rings. The van der Waals surface area contributed by atoms with Gasteiger partial charge in [0.2, 0.25) is 0 Å². The van der Waals surface area contributed by atoms with Crippen molar-refractivity contribution in [3.05, 3.63) is 63.0 Å². The van der Waals surface area contributed by atoms with Crippen LogP contribution in [0, 0.1) is 0 Å². The second-order valence-corrected chi connectivity index (χ2v) is 8.67. The third-order valence-corrected chi connectivity index (χ3v) is 6.92. The lowest BCUT2D eigenvalue weighted by Gasteiger charge is -2.33. The second kappa shape index (κ2) is 9.58. The molecule has 2 aromatic heterocycles. The van der Waals surface area contributed by atoms with Crippen molar-refractivity contribution in [3.8, 4) is 0 Å². The van der Waals surface area contributed by atoms with Gasteiger partial charge < -0.3 is 5.32 Å². The SMILES string of the molecule is Cl.Cl.O=c1c2c3c(sc2ncn1[C@H]1CCCN(Cc2ccccc2)C1)CNCC3. The van der Waals surface area contributed by atoms with E-state index in [1.54, 1.807) is 17.7 Å². The molecule has 4 heterocycles. The quantitative estimate of drug-likeness (QED) is 0.656. The van der Waals surface area contributed by atoms with E-state index in [2.05, 4.69) is 45.5 Å². The Kier molecular flexibility index (Phi) is 7.35. The lowest BCUT2D eigenvalue weighted by molar-refractivity contribution is 0.168. The molecule has 0 unspecified atom stereocenters. The molecule has 0 saturated carbocycles. The molecule has 2 aliphatic heterocycles. The van der Waals surface area contributed by atoms with Gasteiger partial charge in [-0.25, -0.2) is 4.98 Å². The number of rotatable bonds is 3. The van der Waals surface area contributed by atoms with E-state index in [-0.39, 0.29) is 36.4 Å². The number of thiophene rings is 1. The van der Waals surface area contributed by atoms with Gasteiger partial charge in [-0.3, -0.25) is 14.3 Å². The van der Waals surface area contributed by atoms with E-state index in [4.69, 9.17) is 0 Å². The van der Waals surface area contributed by atoms with Crippen LogP contribution >= 0.6 is 36.2 Å². The minimum Gasteiger partial charge on any atom is -0.312 e. The van der Waals surface area contributed by atoms with Gasteiger partial charge in [0.15, 0.2) is 0 Å². The van der Waals surface area contributed by atoms with Gasteiger partial charge in [-0.15, -0.1) is 36.2 Å². The Bertz CT molecular complexity index is 1020. The molecule has 29 heavy (non-hydrogen) atoms. The van der Waals surface area contributed by atoms with Crippen LogP contribution in [0.5, 0.6) is 0 Å². The molecule has 0 amide bonds. The van der Waals surface area contributed by atoms with Crippen LogP contribution in [0.25, 0.3) is 10.2 Å². The molecule has 2 aliphatic rings. The predicted octanol–water partition coefficient (Wildman–Crippen LogP) is 3.78. The number of hydrogen-bond acceptors (Lipinski definition) is 5. The maximum Gasteiger partial charge on any atom is 0.262 e. The van der Waals surface area contributed by atoms with Crippen LogP contribution < -0.4 is 10.9 Å². The molecule has 0 radical (unpaired) electrons. The van der Waals surface area contributed by atoms with Crippen LogP contribution in [0.3, 0.4) is 0 Å². The molecule has 5 nitrogen and oxygen atoms in total. The van der Waals surface area contributed by atoms with Crippen molar-refractivity contribution in [2.24, 2.45) is 0 Å². The zero-order chi connectivity index (χ0) is 18.2. The number of nitrogens with zero attached hydrogens (tertiary/aromatic N) is 3. The number of piperidine rings is 1. The van der Waals surface area contributed by atoms with Crippen molar-refractivity contribution in [2.75, 3.05) is 19.6 Å². The van der Waals surface area contributed by atoms with Crippen LogP contribution in [0.1, 0.15) is 34.9 Å². The summed E-state index contributed by atoms with van der Waals surface area (Å²) in [6.45, 7) is 4.76. The fraction of sp³-hybridized carbons (Fsp3) is 0.429. The van der Waals surface area contributed by atoms with E-state index in [1.165, 1.54) is 16.0 Å². The first-order valence-electron chi connectivity index (χ1n) is 9.78. The van der Waals surface area contributed by atoms with E-state index >= 15 is 0 Å². The minimum absolute atomic E-state index is 0. The molecule has 1 fully saturated rings. The van der Waals surface area contributed by atoms with E-state index in [9.17, 15) is 4.79 Å². The summed E-state index contributed by atoms with van der Waals surface area (Å²) in [4.78, 5) is 22.6. The van der Waals surface area contributed by atoms with Crippen molar-refractivity contribution in [3.63, 3.8) is 0 Å². The first-order valence-corrected chi connectivity index (χ1v) is 10.6. The van der Waals surface area contributed by atoms with Gasteiger partial charge in [-0.05, 0) is 43.5 Å². The molecule has 0 bridgehead atoms. The fourth-order valence-corrected chi connectivity index (χ4v) is 5.58. The highest BCUT2D eigenvalue weighted by Crippen LogP contribution is 2.30. The Hall–Kier alpha value is -1.44. The molecule has 1 atom stereocenters. The summed E-state index contributed by atoms with van der Waals surface area (Å²) in [5.41, 5.74) is 2.72. The van der Waals surface area contributed by atoms with E-state index in [1.807, 2.05) is 4.57 Å². The standard InChI is InChI=1S/C21H24N4OS.2ClH/c26-21-19-17-8-9-22-11-18(17)27-20(19)23-14-25(21)16-7-4-10-24(13-16)12-15-5-2-1-3-6-15;;/h1-3,5-6,14,16,22H,4,7-13H2;2*1H/t16-;;/m0../s1. The van der Waals surface area contributed by atoms with E-state index in [0.29, 0.717) is 0 Å². The Morgan fingerprint density at radius 2 is 2.03 bits per heavy atom. The minimum atomic E-state index is 0. The van der Waals surface area contributed by atoms with Crippen molar-refractivity contribution in [1.29, 1.82) is 0 Å². The molecule has 0 spiro atoms. The van der Waals surface area contributed by atoms with Gasteiger partial charge in [-0.2, -0.15) is 0 Å². The largest absolute Gasteiger partial charge is 0.312 e. The summed E-state index contributed by atoms with van der Waals surface area (Å²) in [5.74, 6) is 0. The molecular weight excluding hydrogens is 427 g/mol. The molecule has 156 valence electrons. The summed E-state index contributed by atoms with van der Waals surface area (Å²) >= 11 is 1.67. The number of benzene rings is 1. The van der Waals surface area contributed by atoms with Gasteiger partial charge in [-0.1, -0.05) is 30.3 Å². The molecule has 0 aliphatic carbocycles. The Balaban J connectivity index is 0.00000120. The number of hydrogen-bond donors (Lipinski definition) is 1. The average molecular weight is 453 g/mol. The van der Waals surface area contributed by atoms with Gasteiger partial charge in [0.1, 0.15) is 4.83 Å². The van der Waals surface area contributed by atoms with Crippen molar-refractivity contribution in [2.45, 2.75) is 38.4 Å². The molecule has 1 aromatic carbocycles. The number of fused-ring (bicyclic) bond motifs is 3. The summed E-state index contributed by atoms with van der Waals surface area (Å²) in [6, 6.07) is 10.8. The molecule has 5 rings (SSSR count). The Morgan fingerprint density at radius 3 is 2.86 bits per heavy atom. The maximum atomic E-state index is 13.3.